The molecule has 5 aromatic heterocycles. The first-order valence-electron chi connectivity index (χ1n) is 15.1. The molecule has 4 aromatic carbocycles. The molecule has 0 aliphatic heterocycles. The van der Waals surface area contributed by atoms with Gasteiger partial charge in [0, 0.05) is 56.2 Å². The van der Waals surface area contributed by atoms with Crippen LogP contribution in [0.3, 0.4) is 0 Å². The van der Waals surface area contributed by atoms with Crippen molar-refractivity contribution in [2.75, 3.05) is 0 Å². The van der Waals surface area contributed by atoms with E-state index >= 15 is 0 Å². The van der Waals surface area contributed by atoms with Crippen LogP contribution in [0.2, 0.25) is 0 Å². The van der Waals surface area contributed by atoms with Crippen LogP contribution in [0.1, 0.15) is 0 Å². The number of fused-ring (bicyclic) bond motifs is 6. The van der Waals surface area contributed by atoms with Gasteiger partial charge in [-0.25, -0.2) is 19.9 Å². The Morgan fingerprint density at radius 1 is 0.304 bits per heavy atom. The van der Waals surface area contributed by atoms with Crippen molar-refractivity contribution >= 4 is 43.6 Å². The molecule has 0 spiro atoms. The van der Waals surface area contributed by atoms with Gasteiger partial charge in [0.1, 0.15) is 6.33 Å². The molecule has 46 heavy (non-hydrogen) atoms. The predicted octanol–water partition coefficient (Wildman–Crippen LogP) is 9.34. The molecule has 9 aromatic rings. The fraction of sp³-hybridized carbons (Fsp3) is 0. The van der Waals surface area contributed by atoms with Gasteiger partial charge < -0.3 is 0 Å². The van der Waals surface area contributed by atoms with Crippen LogP contribution < -0.4 is 0 Å². The highest BCUT2D eigenvalue weighted by molar-refractivity contribution is 6.04. The van der Waals surface area contributed by atoms with E-state index in [2.05, 4.69) is 129 Å². The molecule has 214 valence electrons. The first-order valence-corrected chi connectivity index (χ1v) is 15.1. The summed E-state index contributed by atoms with van der Waals surface area (Å²) in [5, 5.41) is 4.32. The van der Waals surface area contributed by atoms with Crippen molar-refractivity contribution < 1.29 is 0 Å². The van der Waals surface area contributed by atoms with Crippen molar-refractivity contribution in [3.8, 4) is 45.0 Å². The SMILES string of the molecule is c1cnc2c(c1)ccc1ccc(-c3ccc(-c4cc(-c5ccc(-c6ccc7ccc8cccnc8c7n6)cc5)ncn4)cc3)nc12. The maximum absolute atomic E-state index is 4.99. The number of hydrogen-bond donors (Lipinski definition) is 0. The fourth-order valence-corrected chi connectivity index (χ4v) is 6.07. The molecule has 0 N–H and O–H groups in total. The Balaban J connectivity index is 0.998. The zero-order valence-corrected chi connectivity index (χ0v) is 24.5. The van der Waals surface area contributed by atoms with Crippen molar-refractivity contribution in [3.63, 3.8) is 0 Å². The van der Waals surface area contributed by atoms with Gasteiger partial charge in [-0.2, -0.15) is 0 Å². The Bertz CT molecular complexity index is 2400. The summed E-state index contributed by atoms with van der Waals surface area (Å²) in [6.45, 7) is 0. The second kappa shape index (κ2) is 10.6. The summed E-state index contributed by atoms with van der Waals surface area (Å²) in [6, 6.07) is 43.5. The quantitative estimate of drug-likeness (QED) is 0.191. The maximum Gasteiger partial charge on any atom is 0.116 e. The van der Waals surface area contributed by atoms with Gasteiger partial charge in [-0.15, -0.1) is 0 Å². The number of aromatic nitrogens is 6. The lowest BCUT2D eigenvalue weighted by Crippen LogP contribution is -1.91. The Morgan fingerprint density at radius 2 is 0.674 bits per heavy atom. The van der Waals surface area contributed by atoms with Crippen molar-refractivity contribution in [2.24, 2.45) is 0 Å². The van der Waals surface area contributed by atoms with E-state index in [4.69, 9.17) is 9.97 Å². The summed E-state index contributed by atoms with van der Waals surface area (Å²) >= 11 is 0. The van der Waals surface area contributed by atoms with E-state index in [1.807, 2.05) is 30.6 Å². The van der Waals surface area contributed by atoms with Crippen LogP contribution >= 0.6 is 0 Å². The van der Waals surface area contributed by atoms with Gasteiger partial charge in [-0.3, -0.25) is 9.97 Å². The first-order chi connectivity index (χ1) is 22.8. The molecule has 6 heteroatoms. The highest BCUT2D eigenvalue weighted by atomic mass is 14.8. The minimum absolute atomic E-state index is 0.859. The van der Waals surface area contributed by atoms with Gasteiger partial charge in [0.15, 0.2) is 0 Å². The number of pyridine rings is 4. The van der Waals surface area contributed by atoms with E-state index in [0.29, 0.717) is 0 Å². The summed E-state index contributed by atoms with van der Waals surface area (Å²) < 4.78 is 0. The molecule has 0 saturated carbocycles. The molecule has 0 aliphatic carbocycles. The van der Waals surface area contributed by atoms with E-state index in [0.717, 1.165) is 88.6 Å². The number of nitrogens with zero attached hydrogens (tertiary/aromatic N) is 6. The third-order valence-corrected chi connectivity index (χ3v) is 8.48. The van der Waals surface area contributed by atoms with Gasteiger partial charge in [-0.05, 0) is 30.3 Å². The lowest BCUT2D eigenvalue weighted by atomic mass is 10.0. The van der Waals surface area contributed by atoms with E-state index in [1.165, 1.54) is 0 Å². The second-order valence-corrected chi connectivity index (χ2v) is 11.3. The summed E-state index contributed by atoms with van der Waals surface area (Å²) in [6.07, 6.45) is 5.26. The molecule has 0 fully saturated rings. The summed E-state index contributed by atoms with van der Waals surface area (Å²) in [5.41, 5.74) is 11.3. The zero-order chi connectivity index (χ0) is 30.5. The predicted molar refractivity (Wildman–Crippen MR) is 185 cm³/mol. The Hall–Kier alpha value is -6.40. The molecule has 0 aliphatic rings. The molecule has 5 heterocycles. The Morgan fingerprint density at radius 3 is 1.11 bits per heavy atom. The number of rotatable bonds is 4. The molecule has 0 radical (unpaired) electrons. The minimum atomic E-state index is 0.859. The molecular weight excluding hydrogens is 564 g/mol. The second-order valence-electron chi connectivity index (χ2n) is 11.3. The van der Waals surface area contributed by atoms with Gasteiger partial charge in [0.2, 0.25) is 0 Å². The Labute approximate surface area is 264 Å². The van der Waals surface area contributed by atoms with Gasteiger partial charge in [0.25, 0.3) is 0 Å². The smallest absolute Gasteiger partial charge is 0.116 e. The maximum atomic E-state index is 4.99. The normalized spacial score (nSPS) is 11.5. The van der Waals surface area contributed by atoms with Crippen LogP contribution in [-0.2, 0) is 0 Å². The number of hydrogen-bond acceptors (Lipinski definition) is 6. The fourth-order valence-electron chi connectivity index (χ4n) is 6.07. The highest BCUT2D eigenvalue weighted by Crippen LogP contribution is 2.30. The van der Waals surface area contributed by atoms with E-state index in [-0.39, 0.29) is 0 Å². The molecular formula is C40H24N6. The molecule has 0 saturated heterocycles. The minimum Gasteiger partial charge on any atom is -0.254 e. The zero-order valence-electron chi connectivity index (χ0n) is 24.5. The lowest BCUT2D eigenvalue weighted by Gasteiger charge is -2.09. The van der Waals surface area contributed by atoms with Gasteiger partial charge in [-0.1, -0.05) is 97.1 Å². The summed E-state index contributed by atoms with van der Waals surface area (Å²) in [4.78, 5) is 28.3. The van der Waals surface area contributed by atoms with Crippen LogP contribution in [0.25, 0.3) is 88.6 Å². The summed E-state index contributed by atoms with van der Waals surface area (Å²) in [7, 11) is 0. The average Bonchev–Trinajstić information content (AvgIpc) is 3.14. The van der Waals surface area contributed by atoms with Crippen LogP contribution in [0.4, 0.5) is 0 Å². The van der Waals surface area contributed by atoms with E-state index in [1.54, 1.807) is 6.33 Å². The molecule has 9 rings (SSSR count). The molecule has 0 atom stereocenters. The average molecular weight is 589 g/mol. The highest BCUT2D eigenvalue weighted by Gasteiger charge is 2.10. The van der Waals surface area contributed by atoms with Crippen LogP contribution in [-0.4, -0.2) is 29.9 Å². The van der Waals surface area contributed by atoms with Crippen molar-refractivity contribution in [2.45, 2.75) is 0 Å². The van der Waals surface area contributed by atoms with Crippen molar-refractivity contribution in [3.05, 3.63) is 146 Å². The summed E-state index contributed by atoms with van der Waals surface area (Å²) in [5.74, 6) is 0. The molecule has 0 unspecified atom stereocenters. The molecule has 6 nitrogen and oxygen atoms in total. The van der Waals surface area contributed by atoms with Crippen molar-refractivity contribution in [1.82, 2.24) is 29.9 Å². The molecule has 0 amide bonds. The third kappa shape index (κ3) is 4.52. The van der Waals surface area contributed by atoms with Crippen LogP contribution in [0.15, 0.2) is 146 Å². The first kappa shape index (κ1) is 26.0. The monoisotopic (exact) mass is 588 g/mol. The number of benzene rings is 4. The van der Waals surface area contributed by atoms with Gasteiger partial charge >= 0.3 is 0 Å². The third-order valence-electron chi connectivity index (χ3n) is 8.48. The standard InChI is InChI=1S/C40H24N6/c1-3-29-13-15-31-17-19-33(45-39(31)37(29)41-21-1)25-5-9-27(10-6-25)35-23-36(44-24-43-35)28-11-7-26(8-12-28)34-20-18-32-16-14-30-4-2-22-42-38(30)40(32)46-34/h1-24H. The van der Waals surface area contributed by atoms with Crippen molar-refractivity contribution in [1.29, 1.82) is 0 Å². The van der Waals surface area contributed by atoms with Crippen LogP contribution in [0, 0.1) is 0 Å². The van der Waals surface area contributed by atoms with Gasteiger partial charge in [0.05, 0.1) is 44.8 Å². The van der Waals surface area contributed by atoms with E-state index < -0.39 is 0 Å². The van der Waals surface area contributed by atoms with Crippen LogP contribution in [0.5, 0.6) is 0 Å². The topological polar surface area (TPSA) is 77.3 Å². The molecule has 0 bridgehead atoms. The Kier molecular flexibility index (Phi) is 6.03. The lowest BCUT2D eigenvalue weighted by molar-refractivity contribution is 1.18. The van der Waals surface area contributed by atoms with E-state index in [9.17, 15) is 0 Å². The largest absolute Gasteiger partial charge is 0.254 e.